The van der Waals surface area contributed by atoms with Crippen LogP contribution in [0, 0.1) is 23.5 Å². The number of fused-ring (bicyclic) bond motifs is 1. The van der Waals surface area contributed by atoms with E-state index in [2.05, 4.69) is 28.7 Å². The number of benzene rings is 3. The molecule has 29 heavy (non-hydrogen) atoms. The lowest BCUT2D eigenvalue weighted by molar-refractivity contribution is 0.517. The zero-order chi connectivity index (χ0) is 20.2. The predicted octanol–water partition coefficient (Wildman–Crippen LogP) is 5.93. The fourth-order valence-electron chi connectivity index (χ4n) is 3.11. The van der Waals surface area contributed by atoms with Crippen molar-refractivity contribution < 1.29 is 8.78 Å². The van der Waals surface area contributed by atoms with Gasteiger partial charge in [0.2, 0.25) is 0 Å². The minimum absolute atomic E-state index is 0.254. The van der Waals surface area contributed by atoms with Gasteiger partial charge in [-0.25, -0.2) is 18.7 Å². The van der Waals surface area contributed by atoms with Gasteiger partial charge in [-0.2, -0.15) is 0 Å². The van der Waals surface area contributed by atoms with Crippen LogP contribution in [0.25, 0.3) is 22.2 Å². The molecule has 0 saturated carbocycles. The van der Waals surface area contributed by atoms with Gasteiger partial charge in [0.25, 0.3) is 0 Å². The van der Waals surface area contributed by atoms with Crippen LogP contribution in [-0.2, 0) is 6.42 Å². The SMILES string of the molecule is CCCc1cnc(-c2ccc(C#Cc3ccc4c(F)c(F)ccc4c3)cc2)nc1. The number of aryl methyl sites for hydroxylation is 1. The largest absolute Gasteiger partial charge is 0.236 e. The van der Waals surface area contributed by atoms with Gasteiger partial charge < -0.3 is 0 Å². The third-order valence-corrected chi connectivity index (χ3v) is 4.65. The summed E-state index contributed by atoms with van der Waals surface area (Å²) >= 11 is 0. The standard InChI is InChI=1S/C25H18F2N2/c1-2-3-19-15-28-25(29-16-19)20-9-6-17(7-10-20)4-5-18-8-12-22-21(14-18)11-13-23(26)24(22)27/h6-16H,2-3H2,1H3. The molecule has 0 amide bonds. The molecule has 4 aromatic rings. The third kappa shape index (κ3) is 4.14. The van der Waals surface area contributed by atoms with Crippen LogP contribution in [0.1, 0.15) is 30.0 Å². The summed E-state index contributed by atoms with van der Waals surface area (Å²) in [4.78, 5) is 8.86. The van der Waals surface area contributed by atoms with E-state index in [9.17, 15) is 8.78 Å². The lowest BCUT2D eigenvalue weighted by Crippen LogP contribution is -1.92. The molecular formula is C25H18F2N2. The molecule has 0 aliphatic heterocycles. The summed E-state index contributed by atoms with van der Waals surface area (Å²) in [5.41, 5.74) is 3.66. The molecular weight excluding hydrogens is 366 g/mol. The Morgan fingerprint density at radius 2 is 1.52 bits per heavy atom. The number of hydrogen-bond donors (Lipinski definition) is 0. The summed E-state index contributed by atoms with van der Waals surface area (Å²) in [5.74, 6) is 5.18. The number of aromatic nitrogens is 2. The molecule has 4 heteroatoms. The molecule has 4 rings (SSSR count). The number of rotatable bonds is 3. The third-order valence-electron chi connectivity index (χ3n) is 4.65. The van der Waals surface area contributed by atoms with Crippen LogP contribution in [-0.4, -0.2) is 9.97 Å². The van der Waals surface area contributed by atoms with Gasteiger partial charge in [0.05, 0.1) is 0 Å². The van der Waals surface area contributed by atoms with E-state index in [0.717, 1.165) is 41.2 Å². The fourth-order valence-corrected chi connectivity index (χ4v) is 3.11. The van der Waals surface area contributed by atoms with Crippen LogP contribution in [0.3, 0.4) is 0 Å². The highest BCUT2D eigenvalue weighted by Gasteiger charge is 2.06. The molecule has 3 aromatic carbocycles. The Morgan fingerprint density at radius 1 is 0.828 bits per heavy atom. The molecule has 0 saturated heterocycles. The van der Waals surface area contributed by atoms with E-state index in [1.54, 1.807) is 24.3 Å². The zero-order valence-electron chi connectivity index (χ0n) is 15.9. The van der Waals surface area contributed by atoms with Gasteiger partial charge in [0, 0.05) is 34.5 Å². The van der Waals surface area contributed by atoms with Crippen LogP contribution in [0.5, 0.6) is 0 Å². The van der Waals surface area contributed by atoms with Crippen LogP contribution in [0.4, 0.5) is 8.78 Å². The van der Waals surface area contributed by atoms with Crippen molar-refractivity contribution in [3.8, 4) is 23.2 Å². The van der Waals surface area contributed by atoms with E-state index in [4.69, 9.17) is 0 Å². The van der Waals surface area contributed by atoms with Gasteiger partial charge in [-0.1, -0.05) is 37.3 Å². The second-order valence-corrected chi connectivity index (χ2v) is 6.79. The Morgan fingerprint density at radius 3 is 2.24 bits per heavy atom. The van der Waals surface area contributed by atoms with Crippen LogP contribution in [0.2, 0.25) is 0 Å². The van der Waals surface area contributed by atoms with Crippen molar-refractivity contribution in [2.45, 2.75) is 19.8 Å². The van der Waals surface area contributed by atoms with Crippen molar-refractivity contribution in [2.75, 3.05) is 0 Å². The molecule has 1 heterocycles. The quantitative estimate of drug-likeness (QED) is 0.409. The van der Waals surface area contributed by atoms with Gasteiger partial charge in [-0.15, -0.1) is 0 Å². The van der Waals surface area contributed by atoms with E-state index in [-0.39, 0.29) is 5.39 Å². The van der Waals surface area contributed by atoms with Gasteiger partial charge in [0.15, 0.2) is 17.5 Å². The summed E-state index contributed by atoms with van der Waals surface area (Å²) in [6.45, 7) is 2.13. The topological polar surface area (TPSA) is 25.8 Å². The molecule has 142 valence electrons. The highest BCUT2D eigenvalue weighted by atomic mass is 19.2. The maximum absolute atomic E-state index is 13.8. The average Bonchev–Trinajstić information content (AvgIpc) is 2.76. The van der Waals surface area contributed by atoms with E-state index < -0.39 is 11.6 Å². The first-order chi connectivity index (χ1) is 14.1. The van der Waals surface area contributed by atoms with Crippen LogP contribution >= 0.6 is 0 Å². The Balaban J connectivity index is 1.54. The van der Waals surface area contributed by atoms with Gasteiger partial charge in [-0.3, -0.25) is 0 Å². The Hall–Kier alpha value is -3.58. The van der Waals surface area contributed by atoms with E-state index in [1.165, 1.54) is 0 Å². The highest BCUT2D eigenvalue weighted by molar-refractivity contribution is 5.84. The first-order valence-electron chi connectivity index (χ1n) is 9.45. The van der Waals surface area contributed by atoms with E-state index in [0.29, 0.717) is 11.2 Å². The van der Waals surface area contributed by atoms with Crippen molar-refractivity contribution in [3.05, 3.63) is 95.3 Å². The maximum Gasteiger partial charge on any atom is 0.166 e. The summed E-state index contributed by atoms with van der Waals surface area (Å²) in [7, 11) is 0. The minimum atomic E-state index is -0.847. The normalized spacial score (nSPS) is 10.6. The Bertz CT molecular complexity index is 1220. The molecule has 1 aromatic heterocycles. The molecule has 2 nitrogen and oxygen atoms in total. The van der Waals surface area contributed by atoms with E-state index in [1.807, 2.05) is 36.7 Å². The second kappa shape index (κ2) is 8.20. The first-order valence-corrected chi connectivity index (χ1v) is 9.45. The molecule has 0 unspecified atom stereocenters. The minimum Gasteiger partial charge on any atom is -0.236 e. The average molecular weight is 384 g/mol. The van der Waals surface area contributed by atoms with Gasteiger partial charge in [-0.05, 0) is 59.8 Å². The molecule has 0 N–H and O–H groups in total. The molecule has 0 atom stereocenters. The van der Waals surface area contributed by atoms with E-state index >= 15 is 0 Å². The predicted molar refractivity (Wildman–Crippen MR) is 111 cm³/mol. The molecule has 0 spiro atoms. The summed E-state index contributed by atoms with van der Waals surface area (Å²) in [6.07, 6.45) is 5.78. The number of nitrogens with zero attached hydrogens (tertiary/aromatic N) is 2. The van der Waals surface area contributed by atoms with Crippen molar-refractivity contribution in [1.29, 1.82) is 0 Å². The first kappa shape index (κ1) is 18.8. The monoisotopic (exact) mass is 384 g/mol. The maximum atomic E-state index is 13.8. The Labute approximate surface area is 168 Å². The van der Waals surface area contributed by atoms with Crippen molar-refractivity contribution in [1.82, 2.24) is 9.97 Å². The van der Waals surface area contributed by atoms with Crippen LogP contribution in [0.15, 0.2) is 67.0 Å². The number of hydrogen-bond acceptors (Lipinski definition) is 2. The summed E-state index contributed by atoms with van der Waals surface area (Å²) < 4.78 is 27.1. The molecule has 0 fully saturated rings. The lowest BCUT2D eigenvalue weighted by Gasteiger charge is -2.02. The van der Waals surface area contributed by atoms with Gasteiger partial charge in [0.1, 0.15) is 0 Å². The smallest absolute Gasteiger partial charge is 0.166 e. The Kier molecular flexibility index (Phi) is 5.31. The molecule has 0 aliphatic carbocycles. The van der Waals surface area contributed by atoms with Crippen LogP contribution < -0.4 is 0 Å². The molecule has 0 bridgehead atoms. The molecule has 0 aliphatic rings. The second-order valence-electron chi connectivity index (χ2n) is 6.79. The number of halogens is 2. The van der Waals surface area contributed by atoms with Gasteiger partial charge >= 0.3 is 0 Å². The lowest BCUT2D eigenvalue weighted by atomic mass is 10.1. The van der Waals surface area contributed by atoms with Crippen molar-refractivity contribution >= 4 is 10.8 Å². The van der Waals surface area contributed by atoms with Crippen molar-refractivity contribution in [3.63, 3.8) is 0 Å². The summed E-state index contributed by atoms with van der Waals surface area (Å²) in [6, 6.07) is 15.4. The van der Waals surface area contributed by atoms with Crippen molar-refractivity contribution in [2.24, 2.45) is 0 Å². The highest BCUT2D eigenvalue weighted by Crippen LogP contribution is 2.21. The molecule has 0 radical (unpaired) electrons. The fraction of sp³-hybridized carbons (Fsp3) is 0.120. The summed E-state index contributed by atoms with van der Waals surface area (Å²) in [5, 5.41) is 0.875. The zero-order valence-corrected chi connectivity index (χ0v) is 15.9.